The zero-order valence-corrected chi connectivity index (χ0v) is 17.4. The highest BCUT2D eigenvalue weighted by Crippen LogP contribution is 2.21. The van der Waals surface area contributed by atoms with E-state index in [0.717, 1.165) is 11.1 Å². The Hall–Kier alpha value is -3.15. The first kappa shape index (κ1) is 22.1. The number of aryl methyl sites for hydroxylation is 2. The Morgan fingerprint density at radius 3 is 2.31 bits per heavy atom. The number of hydrogen-bond donors (Lipinski definition) is 2. The lowest BCUT2D eigenvalue weighted by Gasteiger charge is -2.13. The number of carbonyl (C=O) groups excluding carboxylic acids is 3. The Balaban J connectivity index is 1.90. The molecule has 2 amide bonds. The van der Waals surface area contributed by atoms with Crippen LogP contribution in [0.5, 0.6) is 5.75 Å². The normalized spacial score (nSPS) is 10.5. The van der Waals surface area contributed by atoms with Gasteiger partial charge in [-0.05, 0) is 55.7 Å². The molecule has 0 heterocycles. The second-order valence-electron chi connectivity index (χ2n) is 7.36. The molecule has 2 aromatic carbocycles. The standard InChI is InChI=1S/C23H28N2O4/c1-15(2)23(28)24-19-10-5-16(3)21(13-19)25-22(27)14-29-20-11-8-18(9-12-20)7-6-17(4)26/h5,8-13,15H,6-7,14H2,1-4H3,(H,24,28)(H,25,27). The second kappa shape index (κ2) is 10.4. The van der Waals surface area contributed by atoms with E-state index >= 15 is 0 Å². The van der Waals surface area contributed by atoms with Crippen molar-refractivity contribution >= 4 is 29.0 Å². The zero-order chi connectivity index (χ0) is 21.4. The molecule has 0 atom stereocenters. The molecule has 6 heteroatoms. The fourth-order valence-electron chi connectivity index (χ4n) is 2.53. The van der Waals surface area contributed by atoms with Gasteiger partial charge in [-0.3, -0.25) is 9.59 Å². The number of amides is 2. The Morgan fingerprint density at radius 2 is 1.69 bits per heavy atom. The second-order valence-corrected chi connectivity index (χ2v) is 7.36. The quantitative estimate of drug-likeness (QED) is 0.667. The van der Waals surface area contributed by atoms with Gasteiger partial charge in [0.15, 0.2) is 6.61 Å². The summed E-state index contributed by atoms with van der Waals surface area (Å²) in [7, 11) is 0. The van der Waals surface area contributed by atoms with Crippen molar-refractivity contribution in [2.75, 3.05) is 17.2 Å². The topological polar surface area (TPSA) is 84.5 Å². The van der Waals surface area contributed by atoms with Gasteiger partial charge in [0.2, 0.25) is 5.91 Å². The van der Waals surface area contributed by atoms with Crippen molar-refractivity contribution < 1.29 is 19.1 Å². The van der Waals surface area contributed by atoms with E-state index in [4.69, 9.17) is 4.74 Å². The van der Waals surface area contributed by atoms with Gasteiger partial charge in [-0.15, -0.1) is 0 Å². The molecule has 0 saturated carbocycles. The minimum absolute atomic E-state index is 0.0822. The fraction of sp³-hybridized carbons (Fsp3) is 0.348. The molecule has 0 spiro atoms. The van der Waals surface area contributed by atoms with Crippen molar-refractivity contribution in [1.82, 2.24) is 0 Å². The average molecular weight is 396 g/mol. The highest BCUT2D eigenvalue weighted by molar-refractivity contribution is 5.95. The van der Waals surface area contributed by atoms with Crippen LogP contribution in [0, 0.1) is 12.8 Å². The van der Waals surface area contributed by atoms with E-state index in [0.29, 0.717) is 30.0 Å². The first-order valence-corrected chi connectivity index (χ1v) is 9.67. The number of carbonyl (C=O) groups is 3. The van der Waals surface area contributed by atoms with Crippen molar-refractivity contribution in [2.24, 2.45) is 5.92 Å². The average Bonchev–Trinajstić information content (AvgIpc) is 2.68. The molecule has 0 saturated heterocycles. The summed E-state index contributed by atoms with van der Waals surface area (Å²) in [5.74, 6) is 0.241. The van der Waals surface area contributed by atoms with Gasteiger partial charge in [0.25, 0.3) is 5.91 Å². The molecule has 0 bridgehead atoms. The predicted molar refractivity (Wildman–Crippen MR) is 114 cm³/mol. The van der Waals surface area contributed by atoms with E-state index in [1.54, 1.807) is 31.2 Å². The summed E-state index contributed by atoms with van der Waals surface area (Å²) in [5, 5.41) is 5.63. The van der Waals surface area contributed by atoms with Crippen LogP contribution in [0.1, 0.15) is 38.3 Å². The Labute approximate surface area is 171 Å². The molecule has 0 aromatic heterocycles. The van der Waals surface area contributed by atoms with Gasteiger partial charge in [-0.25, -0.2) is 0 Å². The van der Waals surface area contributed by atoms with Crippen molar-refractivity contribution in [3.63, 3.8) is 0 Å². The molecule has 29 heavy (non-hydrogen) atoms. The molecule has 154 valence electrons. The van der Waals surface area contributed by atoms with E-state index in [-0.39, 0.29) is 30.1 Å². The summed E-state index contributed by atoms with van der Waals surface area (Å²) in [6, 6.07) is 12.7. The Bertz CT molecular complexity index is 873. The van der Waals surface area contributed by atoms with Gasteiger partial charge in [-0.1, -0.05) is 32.0 Å². The third-order valence-corrected chi connectivity index (χ3v) is 4.36. The molecule has 0 unspecified atom stereocenters. The largest absolute Gasteiger partial charge is 0.484 e. The third-order valence-electron chi connectivity index (χ3n) is 4.36. The number of rotatable bonds is 9. The van der Waals surface area contributed by atoms with Crippen LogP contribution in [0.2, 0.25) is 0 Å². The van der Waals surface area contributed by atoms with Gasteiger partial charge < -0.3 is 20.2 Å². The maximum atomic E-state index is 12.3. The fourth-order valence-corrected chi connectivity index (χ4v) is 2.53. The monoisotopic (exact) mass is 396 g/mol. The Morgan fingerprint density at radius 1 is 1.00 bits per heavy atom. The summed E-state index contributed by atoms with van der Waals surface area (Å²) >= 11 is 0. The van der Waals surface area contributed by atoms with Crippen LogP contribution in [0.3, 0.4) is 0 Å². The number of ketones is 1. The number of hydrogen-bond acceptors (Lipinski definition) is 4. The van der Waals surface area contributed by atoms with E-state index < -0.39 is 0 Å². The number of Topliss-reactive ketones (excluding diaryl/α,β-unsaturated/α-hetero) is 1. The van der Waals surface area contributed by atoms with Crippen molar-refractivity contribution in [1.29, 1.82) is 0 Å². The first-order valence-electron chi connectivity index (χ1n) is 9.67. The number of benzene rings is 2. The molecule has 2 N–H and O–H groups in total. The van der Waals surface area contributed by atoms with Crippen LogP contribution < -0.4 is 15.4 Å². The summed E-state index contributed by atoms with van der Waals surface area (Å²) in [6.45, 7) is 6.96. The lowest BCUT2D eigenvalue weighted by molar-refractivity contribution is -0.119. The van der Waals surface area contributed by atoms with Crippen molar-refractivity contribution in [2.45, 2.75) is 40.5 Å². The van der Waals surface area contributed by atoms with Gasteiger partial charge in [0, 0.05) is 23.7 Å². The first-order chi connectivity index (χ1) is 13.7. The van der Waals surface area contributed by atoms with E-state index in [2.05, 4.69) is 10.6 Å². The van der Waals surface area contributed by atoms with Gasteiger partial charge in [0.05, 0.1) is 0 Å². The highest BCUT2D eigenvalue weighted by atomic mass is 16.5. The van der Waals surface area contributed by atoms with Crippen LogP contribution in [0.4, 0.5) is 11.4 Å². The summed E-state index contributed by atoms with van der Waals surface area (Å²) in [5.41, 5.74) is 3.19. The smallest absolute Gasteiger partial charge is 0.262 e. The Kier molecular flexibility index (Phi) is 7.95. The third kappa shape index (κ3) is 7.41. The SMILES string of the molecule is CC(=O)CCc1ccc(OCC(=O)Nc2cc(NC(=O)C(C)C)ccc2C)cc1. The zero-order valence-electron chi connectivity index (χ0n) is 17.4. The molecule has 0 aliphatic carbocycles. The molecule has 2 rings (SSSR count). The van der Waals surface area contributed by atoms with Crippen molar-refractivity contribution in [3.8, 4) is 5.75 Å². The molecule has 0 aliphatic heterocycles. The summed E-state index contributed by atoms with van der Waals surface area (Å²) < 4.78 is 5.54. The molecule has 2 aromatic rings. The summed E-state index contributed by atoms with van der Waals surface area (Å²) in [4.78, 5) is 35.2. The van der Waals surface area contributed by atoms with Crippen LogP contribution in [-0.4, -0.2) is 24.2 Å². The number of nitrogens with one attached hydrogen (secondary N) is 2. The number of anilines is 2. The molecule has 0 radical (unpaired) electrons. The molecule has 0 aliphatic rings. The van der Waals surface area contributed by atoms with E-state index in [1.165, 1.54) is 0 Å². The molecule has 6 nitrogen and oxygen atoms in total. The van der Waals surface area contributed by atoms with E-state index in [9.17, 15) is 14.4 Å². The van der Waals surface area contributed by atoms with Crippen molar-refractivity contribution in [3.05, 3.63) is 53.6 Å². The molecular weight excluding hydrogens is 368 g/mol. The minimum Gasteiger partial charge on any atom is -0.484 e. The van der Waals surface area contributed by atoms with Crippen LogP contribution >= 0.6 is 0 Å². The lowest BCUT2D eigenvalue weighted by atomic mass is 10.1. The maximum Gasteiger partial charge on any atom is 0.262 e. The number of ether oxygens (including phenoxy) is 1. The molecular formula is C23H28N2O4. The minimum atomic E-state index is -0.291. The van der Waals surface area contributed by atoms with Gasteiger partial charge in [-0.2, -0.15) is 0 Å². The maximum absolute atomic E-state index is 12.3. The highest BCUT2D eigenvalue weighted by Gasteiger charge is 2.10. The lowest BCUT2D eigenvalue weighted by Crippen LogP contribution is -2.21. The molecule has 0 fully saturated rings. The van der Waals surface area contributed by atoms with Crippen LogP contribution in [-0.2, 0) is 20.8 Å². The van der Waals surface area contributed by atoms with Crippen LogP contribution in [0.15, 0.2) is 42.5 Å². The van der Waals surface area contributed by atoms with Crippen LogP contribution in [0.25, 0.3) is 0 Å². The van der Waals surface area contributed by atoms with Gasteiger partial charge >= 0.3 is 0 Å². The predicted octanol–water partition coefficient (Wildman–Crippen LogP) is 4.13. The summed E-state index contributed by atoms with van der Waals surface area (Å²) in [6.07, 6.45) is 1.21. The van der Waals surface area contributed by atoms with Gasteiger partial charge in [0.1, 0.15) is 11.5 Å². The van der Waals surface area contributed by atoms with E-state index in [1.807, 2.05) is 39.0 Å².